The van der Waals surface area contributed by atoms with E-state index in [9.17, 15) is 31.1 Å². The molecular formula is C19H14F6N2O3S. The molecular weight excluding hydrogens is 450 g/mol. The summed E-state index contributed by atoms with van der Waals surface area (Å²) in [7, 11) is 0. The van der Waals surface area contributed by atoms with Gasteiger partial charge in [0.1, 0.15) is 5.37 Å². The lowest BCUT2D eigenvalue weighted by molar-refractivity contribution is -0.143. The molecule has 1 atom stereocenters. The highest BCUT2D eigenvalue weighted by molar-refractivity contribution is 7.99. The second-order valence-electron chi connectivity index (χ2n) is 6.75. The van der Waals surface area contributed by atoms with E-state index in [1.165, 1.54) is 16.7 Å². The summed E-state index contributed by atoms with van der Waals surface area (Å²) in [5, 5.41) is 1.69. The molecule has 166 valence electrons. The van der Waals surface area contributed by atoms with E-state index < -0.39 is 40.6 Å². The SMILES string of the molecule is O=C(Nc1cc(C(F)(F)F)cc(C(F)(F)F)c1)N1CCSC1c1ccc2c(c1)OCO2. The van der Waals surface area contributed by atoms with E-state index in [2.05, 4.69) is 5.32 Å². The molecule has 2 aromatic carbocycles. The molecule has 31 heavy (non-hydrogen) atoms. The fourth-order valence-corrected chi connectivity index (χ4v) is 4.49. The van der Waals surface area contributed by atoms with Gasteiger partial charge in [0, 0.05) is 18.0 Å². The number of urea groups is 1. The highest BCUT2D eigenvalue weighted by Crippen LogP contribution is 2.43. The second-order valence-corrected chi connectivity index (χ2v) is 7.94. The van der Waals surface area contributed by atoms with Gasteiger partial charge in [0.05, 0.1) is 11.1 Å². The number of nitrogens with one attached hydrogen (secondary N) is 1. The number of fused-ring (bicyclic) bond motifs is 1. The van der Waals surface area contributed by atoms with Gasteiger partial charge in [0.2, 0.25) is 6.79 Å². The fraction of sp³-hybridized carbons (Fsp3) is 0.316. The molecule has 2 aliphatic rings. The third kappa shape index (κ3) is 4.48. The molecule has 2 amide bonds. The predicted molar refractivity (Wildman–Crippen MR) is 99.9 cm³/mol. The molecule has 12 heteroatoms. The molecule has 2 aromatic rings. The van der Waals surface area contributed by atoms with E-state index in [0.29, 0.717) is 34.9 Å². The van der Waals surface area contributed by atoms with Gasteiger partial charge in [-0.15, -0.1) is 11.8 Å². The minimum absolute atomic E-state index is 0.0107. The van der Waals surface area contributed by atoms with E-state index in [0.717, 1.165) is 0 Å². The van der Waals surface area contributed by atoms with Crippen LogP contribution in [-0.2, 0) is 12.4 Å². The lowest BCUT2D eigenvalue weighted by Crippen LogP contribution is -2.34. The van der Waals surface area contributed by atoms with Crippen LogP contribution in [0, 0.1) is 0 Å². The number of thioether (sulfide) groups is 1. The van der Waals surface area contributed by atoms with Crippen LogP contribution in [0.4, 0.5) is 36.8 Å². The van der Waals surface area contributed by atoms with Crippen LogP contribution >= 0.6 is 11.8 Å². The number of nitrogens with zero attached hydrogens (tertiary/aromatic N) is 1. The standard InChI is InChI=1S/C19H14F6N2O3S/c20-18(21,22)11-6-12(19(23,24)25)8-13(7-11)26-17(28)27-3-4-31-16(27)10-1-2-14-15(5-10)30-9-29-14/h1-2,5-8,16H,3-4,9H2,(H,26,28). The number of rotatable bonds is 2. The van der Waals surface area contributed by atoms with Crippen molar-refractivity contribution in [3.05, 3.63) is 53.1 Å². The van der Waals surface area contributed by atoms with E-state index in [1.807, 2.05) is 0 Å². The molecule has 2 heterocycles. The molecule has 0 saturated carbocycles. The maximum atomic E-state index is 13.1. The first-order chi connectivity index (χ1) is 14.5. The molecule has 2 aliphatic heterocycles. The van der Waals surface area contributed by atoms with Crippen LogP contribution in [-0.4, -0.2) is 30.0 Å². The zero-order valence-electron chi connectivity index (χ0n) is 15.5. The Hall–Kier alpha value is -2.76. The number of alkyl halides is 6. The van der Waals surface area contributed by atoms with Crippen molar-refractivity contribution in [1.82, 2.24) is 4.90 Å². The highest BCUT2D eigenvalue weighted by Gasteiger charge is 2.38. The van der Waals surface area contributed by atoms with Gasteiger partial charge in [-0.1, -0.05) is 6.07 Å². The predicted octanol–water partition coefficient (Wildman–Crippen LogP) is 5.73. The van der Waals surface area contributed by atoms with Gasteiger partial charge in [0.15, 0.2) is 11.5 Å². The van der Waals surface area contributed by atoms with Crippen LogP contribution in [0.1, 0.15) is 22.1 Å². The molecule has 0 aliphatic carbocycles. The number of amides is 2. The quantitative estimate of drug-likeness (QED) is 0.577. The molecule has 0 spiro atoms. The minimum atomic E-state index is -5.00. The zero-order chi connectivity index (χ0) is 22.4. The Morgan fingerprint density at radius 3 is 2.26 bits per heavy atom. The van der Waals surface area contributed by atoms with Crippen LogP contribution in [0.2, 0.25) is 0 Å². The smallest absolute Gasteiger partial charge is 0.416 e. The first-order valence-electron chi connectivity index (χ1n) is 8.90. The molecule has 1 saturated heterocycles. The molecule has 1 unspecified atom stereocenters. The molecule has 5 nitrogen and oxygen atoms in total. The Morgan fingerprint density at radius 1 is 0.968 bits per heavy atom. The lowest BCUT2D eigenvalue weighted by Gasteiger charge is -2.25. The van der Waals surface area contributed by atoms with Crippen molar-refractivity contribution in [3.8, 4) is 11.5 Å². The molecule has 0 bridgehead atoms. The van der Waals surface area contributed by atoms with Crippen LogP contribution in [0.5, 0.6) is 11.5 Å². The van der Waals surface area contributed by atoms with Gasteiger partial charge in [-0.25, -0.2) is 4.79 Å². The first kappa shape index (κ1) is 21.5. The van der Waals surface area contributed by atoms with Gasteiger partial charge in [0.25, 0.3) is 0 Å². The molecule has 1 N–H and O–H groups in total. The van der Waals surface area contributed by atoms with Crippen molar-refractivity contribution >= 4 is 23.5 Å². The number of anilines is 1. The normalized spacial score (nSPS) is 18.4. The summed E-state index contributed by atoms with van der Waals surface area (Å²) < 4.78 is 88.9. The summed E-state index contributed by atoms with van der Waals surface area (Å²) in [6, 6.07) is 5.25. The van der Waals surface area contributed by atoms with Gasteiger partial charge in [-0.2, -0.15) is 26.3 Å². The maximum absolute atomic E-state index is 13.1. The summed E-state index contributed by atoms with van der Waals surface area (Å²) in [5.74, 6) is 1.59. The van der Waals surface area contributed by atoms with Crippen molar-refractivity contribution in [1.29, 1.82) is 0 Å². The summed E-state index contributed by atoms with van der Waals surface area (Å²) in [5.41, 5.74) is -2.89. The Labute approximate surface area is 176 Å². The lowest BCUT2D eigenvalue weighted by atomic mass is 10.1. The summed E-state index contributed by atoms with van der Waals surface area (Å²) >= 11 is 1.41. The minimum Gasteiger partial charge on any atom is -0.454 e. The fourth-order valence-electron chi connectivity index (χ4n) is 3.24. The van der Waals surface area contributed by atoms with Crippen molar-refractivity contribution in [2.75, 3.05) is 24.4 Å². The largest absolute Gasteiger partial charge is 0.454 e. The van der Waals surface area contributed by atoms with Crippen molar-refractivity contribution < 1.29 is 40.6 Å². The van der Waals surface area contributed by atoms with Crippen LogP contribution in [0.15, 0.2) is 36.4 Å². The summed E-state index contributed by atoms with van der Waals surface area (Å²) in [6.07, 6.45) is -10.0. The van der Waals surface area contributed by atoms with Gasteiger partial charge < -0.3 is 19.7 Å². The van der Waals surface area contributed by atoms with Crippen molar-refractivity contribution in [3.63, 3.8) is 0 Å². The average Bonchev–Trinajstić information content (AvgIpc) is 3.35. The van der Waals surface area contributed by atoms with E-state index in [-0.39, 0.29) is 19.4 Å². The summed E-state index contributed by atoms with van der Waals surface area (Å²) in [4.78, 5) is 14.1. The number of carbonyl (C=O) groups excluding carboxylic acids is 1. The topological polar surface area (TPSA) is 50.8 Å². The average molecular weight is 464 g/mol. The Bertz CT molecular complexity index is 979. The first-order valence-corrected chi connectivity index (χ1v) is 9.95. The van der Waals surface area contributed by atoms with Crippen LogP contribution < -0.4 is 14.8 Å². The van der Waals surface area contributed by atoms with Gasteiger partial charge in [-0.05, 0) is 35.9 Å². The van der Waals surface area contributed by atoms with Crippen molar-refractivity contribution in [2.24, 2.45) is 0 Å². The van der Waals surface area contributed by atoms with Crippen molar-refractivity contribution in [2.45, 2.75) is 17.7 Å². The number of hydrogen-bond acceptors (Lipinski definition) is 4. The summed E-state index contributed by atoms with van der Waals surface area (Å²) in [6.45, 7) is 0.332. The number of halogens is 6. The molecule has 4 rings (SSSR count). The van der Waals surface area contributed by atoms with Gasteiger partial charge >= 0.3 is 18.4 Å². The zero-order valence-corrected chi connectivity index (χ0v) is 16.3. The number of ether oxygens (including phenoxy) is 2. The highest BCUT2D eigenvalue weighted by atomic mass is 32.2. The van der Waals surface area contributed by atoms with E-state index in [1.54, 1.807) is 18.2 Å². The number of hydrogen-bond donors (Lipinski definition) is 1. The number of benzene rings is 2. The van der Waals surface area contributed by atoms with E-state index >= 15 is 0 Å². The molecule has 0 aromatic heterocycles. The Balaban J connectivity index is 1.58. The molecule has 0 radical (unpaired) electrons. The monoisotopic (exact) mass is 464 g/mol. The third-order valence-electron chi connectivity index (χ3n) is 4.67. The maximum Gasteiger partial charge on any atom is 0.416 e. The third-order valence-corrected chi connectivity index (χ3v) is 5.93. The van der Waals surface area contributed by atoms with Gasteiger partial charge in [-0.3, -0.25) is 0 Å². The molecule has 1 fully saturated rings. The van der Waals surface area contributed by atoms with Crippen LogP contribution in [0.3, 0.4) is 0 Å². The second kappa shape index (κ2) is 7.74. The number of carbonyl (C=O) groups is 1. The Kier molecular flexibility index (Phi) is 5.36. The van der Waals surface area contributed by atoms with E-state index in [4.69, 9.17) is 9.47 Å². The Morgan fingerprint density at radius 2 is 1.61 bits per heavy atom. The van der Waals surface area contributed by atoms with Crippen LogP contribution in [0.25, 0.3) is 0 Å².